The van der Waals surface area contributed by atoms with Gasteiger partial charge in [0.05, 0.1) is 17.7 Å². The SMILES string of the molecule is CC(=O)O.[C-]#CC[C@@H](C(=O)c1ccccc1)S(=O)(=O)c1ccc(C)cc1.[C-]#CC[C@H](C(=O)c1ccccc1)S(=O)(=O)c1ccc(C)cc1.[Pd+2].c1ccc([PH+](c2ccccc2)c2ccccc2)cc1. The Morgan fingerprint density at radius 1 is 0.471 bits per heavy atom. The van der Waals surface area contributed by atoms with Crippen molar-refractivity contribution in [2.24, 2.45) is 0 Å². The van der Waals surface area contributed by atoms with Gasteiger partial charge in [-0.05, 0) is 87.4 Å². The van der Waals surface area contributed by atoms with Gasteiger partial charge in [-0.1, -0.05) is 151 Å². The molecule has 348 valence electrons. The Kier molecular flexibility index (Phi) is 22.9. The molecule has 7 aromatic rings. The summed E-state index contributed by atoms with van der Waals surface area (Å²) in [4.78, 5) is 34.2. The van der Waals surface area contributed by atoms with Crippen LogP contribution in [0.25, 0.3) is 0 Å². The quantitative estimate of drug-likeness (QED) is 0.0397. The first kappa shape index (κ1) is 55.8. The van der Waals surface area contributed by atoms with E-state index >= 15 is 0 Å². The van der Waals surface area contributed by atoms with Crippen LogP contribution in [0.1, 0.15) is 51.6 Å². The van der Waals surface area contributed by atoms with Crippen LogP contribution in [0.3, 0.4) is 0 Å². The maximum absolute atomic E-state index is 12.7. The number of carbonyl (C=O) groups is 3. The van der Waals surface area contributed by atoms with Gasteiger partial charge in [0.1, 0.15) is 26.4 Å². The first-order valence-electron chi connectivity index (χ1n) is 20.9. The van der Waals surface area contributed by atoms with Crippen LogP contribution in [0, 0.1) is 38.5 Å². The van der Waals surface area contributed by atoms with Crippen molar-refractivity contribution in [3.05, 3.63) is 235 Å². The molecular formula is C56H50O8PPdS2+. The number of rotatable bonds is 13. The number of carboxylic acid groups (broad SMARTS) is 1. The molecule has 0 aliphatic carbocycles. The van der Waals surface area contributed by atoms with E-state index in [0.29, 0.717) is 11.1 Å². The van der Waals surface area contributed by atoms with Gasteiger partial charge in [-0.3, -0.25) is 14.4 Å². The Morgan fingerprint density at radius 2 is 0.706 bits per heavy atom. The maximum atomic E-state index is 12.7. The van der Waals surface area contributed by atoms with Crippen LogP contribution in [0.4, 0.5) is 0 Å². The molecule has 0 fully saturated rings. The fourth-order valence-corrected chi connectivity index (χ4v) is 12.3. The van der Waals surface area contributed by atoms with Gasteiger partial charge in [-0.2, -0.15) is 0 Å². The Labute approximate surface area is 416 Å². The van der Waals surface area contributed by atoms with Gasteiger partial charge in [0.15, 0.2) is 31.2 Å². The van der Waals surface area contributed by atoms with Crippen molar-refractivity contribution in [3.63, 3.8) is 0 Å². The number of hydrogen-bond acceptors (Lipinski definition) is 7. The van der Waals surface area contributed by atoms with E-state index in [1.54, 1.807) is 84.9 Å². The van der Waals surface area contributed by atoms with E-state index in [9.17, 15) is 26.4 Å². The topological polar surface area (TPSA) is 140 Å². The Hall–Kier alpha value is -6.54. The van der Waals surface area contributed by atoms with E-state index < -0.39 is 55.6 Å². The fourth-order valence-electron chi connectivity index (χ4n) is 6.55. The van der Waals surface area contributed by atoms with Crippen molar-refractivity contribution >= 4 is 61.0 Å². The number of sulfone groups is 2. The summed E-state index contributed by atoms with van der Waals surface area (Å²) >= 11 is 0. The van der Waals surface area contributed by atoms with Crippen molar-refractivity contribution < 1.29 is 56.7 Å². The smallest absolute Gasteiger partial charge is 0.694 e. The minimum absolute atomic E-state index is 0. The van der Waals surface area contributed by atoms with Crippen molar-refractivity contribution in [2.45, 2.75) is 53.9 Å². The number of benzene rings is 7. The molecule has 0 aliphatic heterocycles. The molecule has 0 spiro atoms. The molecule has 0 saturated heterocycles. The molecule has 0 aliphatic rings. The van der Waals surface area contributed by atoms with Crippen LogP contribution in [-0.2, 0) is 44.9 Å². The van der Waals surface area contributed by atoms with Crippen LogP contribution < -0.4 is 15.9 Å². The van der Waals surface area contributed by atoms with Crippen LogP contribution in [0.5, 0.6) is 0 Å². The van der Waals surface area contributed by atoms with Crippen molar-refractivity contribution in [3.8, 4) is 11.8 Å². The largest absolute Gasteiger partial charge is 2.00 e. The number of ketones is 2. The third-order valence-electron chi connectivity index (χ3n) is 9.91. The van der Waals surface area contributed by atoms with Crippen LogP contribution in [-0.4, -0.2) is 50.0 Å². The van der Waals surface area contributed by atoms with E-state index in [2.05, 4.69) is 103 Å². The normalized spacial score (nSPS) is 11.3. The summed E-state index contributed by atoms with van der Waals surface area (Å²) in [6.45, 7) is 4.79. The van der Waals surface area contributed by atoms with E-state index in [1.165, 1.54) is 40.2 Å². The molecule has 0 heterocycles. The summed E-state index contributed by atoms with van der Waals surface area (Å²) in [5.41, 5.74) is 2.50. The van der Waals surface area contributed by atoms with Gasteiger partial charge in [0.25, 0.3) is 5.97 Å². The predicted molar refractivity (Wildman–Crippen MR) is 269 cm³/mol. The molecule has 2 atom stereocenters. The number of carbonyl (C=O) groups excluding carboxylic acids is 2. The summed E-state index contributed by atoms with van der Waals surface area (Å²) < 4.78 is 50.8. The molecule has 0 radical (unpaired) electrons. The Morgan fingerprint density at radius 3 is 0.941 bits per heavy atom. The molecular weight excluding hydrogens is 1000 g/mol. The van der Waals surface area contributed by atoms with E-state index in [0.717, 1.165) is 18.1 Å². The van der Waals surface area contributed by atoms with E-state index in [4.69, 9.17) is 22.7 Å². The Balaban J connectivity index is 0.000000258. The van der Waals surface area contributed by atoms with Gasteiger partial charge < -0.3 is 29.8 Å². The predicted octanol–water partition coefficient (Wildman–Crippen LogP) is 9.27. The number of Topliss-reactive ketones (excluding diaryl/α,β-unsaturated/α-hetero) is 2. The zero-order valence-corrected chi connectivity index (χ0v) is 41.7. The molecule has 0 aromatic heterocycles. The van der Waals surface area contributed by atoms with Crippen molar-refractivity contribution in [1.29, 1.82) is 0 Å². The summed E-state index contributed by atoms with van der Waals surface area (Å²) in [5.74, 6) is 2.25. The van der Waals surface area contributed by atoms with Crippen LogP contribution in [0.2, 0.25) is 0 Å². The third kappa shape index (κ3) is 16.4. The first-order chi connectivity index (χ1) is 32.1. The molecule has 12 heteroatoms. The minimum atomic E-state index is -3.86. The molecule has 7 aromatic carbocycles. The zero-order chi connectivity index (χ0) is 48.8. The van der Waals surface area contributed by atoms with Gasteiger partial charge >= 0.3 is 20.4 Å². The third-order valence-corrected chi connectivity index (χ3v) is 16.8. The van der Waals surface area contributed by atoms with Gasteiger partial charge in [-0.25, -0.2) is 16.8 Å². The monoisotopic (exact) mass is 1050 g/mol. The van der Waals surface area contributed by atoms with Crippen molar-refractivity contribution in [2.75, 3.05) is 0 Å². The summed E-state index contributed by atoms with van der Waals surface area (Å²) in [5, 5.41) is 9.07. The average Bonchev–Trinajstić information content (AvgIpc) is 3.34. The molecule has 0 amide bonds. The number of hydrogen-bond donors (Lipinski definition) is 1. The first-order valence-corrected chi connectivity index (χ1v) is 25.5. The second-order valence-corrected chi connectivity index (χ2v) is 21.7. The molecule has 68 heavy (non-hydrogen) atoms. The summed E-state index contributed by atoms with van der Waals surface area (Å²) in [6, 6.07) is 61.7. The second kappa shape index (κ2) is 27.9. The molecule has 0 saturated carbocycles. The zero-order valence-electron chi connectivity index (χ0n) is 37.6. The van der Waals surface area contributed by atoms with Gasteiger partial charge in [0, 0.05) is 18.1 Å². The van der Waals surface area contributed by atoms with Gasteiger partial charge in [0.2, 0.25) is 0 Å². The van der Waals surface area contributed by atoms with Crippen molar-refractivity contribution in [1.82, 2.24) is 0 Å². The molecule has 1 N–H and O–H groups in total. The number of aliphatic carboxylic acids is 1. The molecule has 8 nitrogen and oxygen atoms in total. The summed E-state index contributed by atoms with van der Waals surface area (Å²) in [7, 11) is -8.60. The van der Waals surface area contributed by atoms with Crippen LogP contribution in [0.15, 0.2) is 210 Å². The summed E-state index contributed by atoms with van der Waals surface area (Å²) in [6.07, 6.45) is 13.7. The second-order valence-electron chi connectivity index (χ2n) is 14.9. The fraction of sp³-hybridized carbons (Fsp3) is 0.125. The molecule has 0 bridgehead atoms. The number of carboxylic acids is 1. The maximum Gasteiger partial charge on any atom is 2.00 e. The molecule has 7 rings (SSSR count). The standard InChI is InChI=1S/2C18H15O3S.C18H15P.C2H4O2.Pd/c2*1-3-7-17(18(19)15-8-5-4-6-9-15)22(20,21)16-12-10-14(2)11-13-16;1-4-10-16(11-5-1)19(17-12-6-2-7-13-17)18-14-8-3-9-15-18;1-2(3)4;/h2*4-6,8-13,17H,7H2,2H3;1-15H;1H3,(H,3,4);/q2*-1;;;+2/p+1/t2*17-;;;/m10.../s1. The number of aryl methyl sites for hydroxylation is 2. The van der Waals surface area contributed by atoms with E-state index in [-0.39, 0.29) is 43.1 Å². The minimum Gasteiger partial charge on any atom is -0.694 e. The average molecular weight is 1050 g/mol. The van der Waals surface area contributed by atoms with E-state index in [1.807, 2.05) is 13.8 Å². The van der Waals surface area contributed by atoms with Crippen LogP contribution >= 0.6 is 7.92 Å². The molecule has 0 unspecified atom stereocenters. The van der Waals surface area contributed by atoms with Gasteiger partial charge in [-0.15, -0.1) is 0 Å². The Bertz CT molecular complexity index is 2740.